The summed E-state index contributed by atoms with van der Waals surface area (Å²) in [7, 11) is 0. The van der Waals surface area contributed by atoms with Crippen molar-refractivity contribution in [2.75, 3.05) is 19.6 Å². The second-order valence-electron chi connectivity index (χ2n) is 6.86. The fourth-order valence-electron chi connectivity index (χ4n) is 2.39. The first kappa shape index (κ1) is 14.3. The molecule has 0 radical (unpaired) electrons. The van der Waals surface area contributed by atoms with Crippen molar-refractivity contribution in [2.24, 2.45) is 11.3 Å². The lowest BCUT2D eigenvalue weighted by molar-refractivity contribution is -0.130. The van der Waals surface area contributed by atoms with Crippen LogP contribution in [0.25, 0.3) is 0 Å². The predicted octanol–water partition coefficient (Wildman–Crippen LogP) is 0.358. The molecule has 2 amide bonds. The molecule has 2 rings (SSSR count). The zero-order chi connectivity index (χ0) is 14.2. The molecule has 0 aliphatic carbocycles. The van der Waals surface area contributed by atoms with Crippen LogP contribution in [0.3, 0.4) is 0 Å². The van der Waals surface area contributed by atoms with Gasteiger partial charge >= 0.3 is 0 Å². The standard InChI is InChI=1S/C14H25N3O2/c1-9(14(2,3)4)13(19)16-10-5-12(18)17(8-10)11-6-15-7-11/h9-11,15H,5-8H2,1-4H3,(H,16,19). The number of likely N-dealkylation sites (tertiary alicyclic amines) is 1. The molecule has 0 aromatic heterocycles. The molecule has 19 heavy (non-hydrogen) atoms. The summed E-state index contributed by atoms with van der Waals surface area (Å²) in [6, 6.07) is 0.305. The Balaban J connectivity index is 1.87. The molecule has 2 aliphatic heterocycles. The van der Waals surface area contributed by atoms with Crippen molar-refractivity contribution in [3.63, 3.8) is 0 Å². The molecule has 2 N–H and O–H groups in total. The van der Waals surface area contributed by atoms with Gasteiger partial charge in [-0.25, -0.2) is 0 Å². The van der Waals surface area contributed by atoms with Crippen LogP contribution in [0.4, 0.5) is 0 Å². The maximum Gasteiger partial charge on any atom is 0.225 e. The van der Waals surface area contributed by atoms with Crippen LogP contribution in [-0.4, -0.2) is 48.4 Å². The molecule has 0 spiro atoms. The van der Waals surface area contributed by atoms with Crippen LogP contribution in [0.1, 0.15) is 34.1 Å². The second-order valence-corrected chi connectivity index (χ2v) is 6.86. The molecule has 108 valence electrons. The molecular weight excluding hydrogens is 242 g/mol. The Morgan fingerprint density at radius 3 is 2.53 bits per heavy atom. The van der Waals surface area contributed by atoms with Crippen LogP contribution >= 0.6 is 0 Å². The Labute approximate surface area is 115 Å². The van der Waals surface area contributed by atoms with Crippen molar-refractivity contribution in [3.05, 3.63) is 0 Å². The zero-order valence-electron chi connectivity index (χ0n) is 12.3. The highest BCUT2D eigenvalue weighted by molar-refractivity contribution is 5.83. The van der Waals surface area contributed by atoms with Gasteiger partial charge in [-0.15, -0.1) is 0 Å². The lowest BCUT2D eigenvalue weighted by atomic mass is 9.81. The molecule has 2 fully saturated rings. The van der Waals surface area contributed by atoms with Crippen LogP contribution in [0.15, 0.2) is 0 Å². The molecule has 5 nitrogen and oxygen atoms in total. The van der Waals surface area contributed by atoms with E-state index in [9.17, 15) is 9.59 Å². The van der Waals surface area contributed by atoms with E-state index >= 15 is 0 Å². The lowest BCUT2D eigenvalue weighted by Gasteiger charge is -2.35. The average Bonchev–Trinajstić information content (AvgIpc) is 2.54. The minimum absolute atomic E-state index is 0.0228. The Morgan fingerprint density at radius 2 is 2.05 bits per heavy atom. The number of carbonyl (C=O) groups is 2. The molecule has 5 heteroatoms. The highest BCUT2D eigenvalue weighted by Gasteiger charge is 2.38. The summed E-state index contributed by atoms with van der Waals surface area (Å²) >= 11 is 0. The number of nitrogens with zero attached hydrogens (tertiary/aromatic N) is 1. The number of nitrogens with one attached hydrogen (secondary N) is 2. The second kappa shape index (κ2) is 5.12. The van der Waals surface area contributed by atoms with E-state index < -0.39 is 0 Å². The summed E-state index contributed by atoms with van der Waals surface area (Å²) in [4.78, 5) is 26.0. The molecule has 2 saturated heterocycles. The van der Waals surface area contributed by atoms with E-state index in [1.807, 2.05) is 11.8 Å². The summed E-state index contributed by atoms with van der Waals surface area (Å²) in [6.07, 6.45) is 0.444. The summed E-state index contributed by atoms with van der Waals surface area (Å²) in [5, 5.41) is 6.20. The SMILES string of the molecule is CC(C(=O)NC1CC(=O)N(C2CNC2)C1)C(C)(C)C. The minimum Gasteiger partial charge on any atom is -0.351 e. The van der Waals surface area contributed by atoms with Gasteiger partial charge in [-0.2, -0.15) is 0 Å². The molecule has 0 aromatic carbocycles. The monoisotopic (exact) mass is 267 g/mol. The molecule has 2 aliphatic rings. The van der Waals surface area contributed by atoms with Crippen molar-refractivity contribution in [2.45, 2.75) is 46.2 Å². The van der Waals surface area contributed by atoms with E-state index in [0.717, 1.165) is 13.1 Å². The van der Waals surface area contributed by atoms with E-state index in [1.54, 1.807) is 0 Å². The molecule has 2 heterocycles. The van der Waals surface area contributed by atoms with E-state index in [2.05, 4.69) is 31.4 Å². The third kappa shape index (κ3) is 3.08. The maximum atomic E-state index is 12.2. The number of amides is 2. The summed E-state index contributed by atoms with van der Waals surface area (Å²) in [6.45, 7) is 10.5. The number of carbonyl (C=O) groups excluding carboxylic acids is 2. The van der Waals surface area contributed by atoms with Crippen molar-refractivity contribution in [1.82, 2.24) is 15.5 Å². The van der Waals surface area contributed by atoms with Crippen molar-refractivity contribution in [3.8, 4) is 0 Å². The maximum absolute atomic E-state index is 12.2. The first-order valence-corrected chi connectivity index (χ1v) is 7.09. The third-order valence-corrected chi connectivity index (χ3v) is 4.40. The quantitative estimate of drug-likeness (QED) is 0.776. The van der Waals surface area contributed by atoms with Gasteiger partial charge in [0.15, 0.2) is 0 Å². The molecule has 0 bridgehead atoms. The van der Waals surface area contributed by atoms with Gasteiger partial charge in [0.2, 0.25) is 11.8 Å². The number of hydrogen-bond donors (Lipinski definition) is 2. The van der Waals surface area contributed by atoms with Crippen LogP contribution in [0.5, 0.6) is 0 Å². The van der Waals surface area contributed by atoms with Gasteiger partial charge in [-0.3, -0.25) is 9.59 Å². The van der Waals surface area contributed by atoms with Crippen LogP contribution in [0, 0.1) is 11.3 Å². The largest absolute Gasteiger partial charge is 0.351 e. The molecule has 0 aromatic rings. The van der Waals surface area contributed by atoms with E-state index in [-0.39, 0.29) is 29.2 Å². The Morgan fingerprint density at radius 1 is 1.42 bits per heavy atom. The van der Waals surface area contributed by atoms with Gasteiger partial charge in [0.05, 0.1) is 12.1 Å². The average molecular weight is 267 g/mol. The predicted molar refractivity (Wildman–Crippen MR) is 73.5 cm³/mol. The molecular formula is C14H25N3O2. The first-order chi connectivity index (χ1) is 8.79. The van der Waals surface area contributed by atoms with E-state index in [4.69, 9.17) is 0 Å². The molecule has 2 atom stereocenters. The Bertz CT molecular complexity index is 371. The van der Waals surface area contributed by atoms with Crippen molar-refractivity contribution in [1.29, 1.82) is 0 Å². The highest BCUT2D eigenvalue weighted by Crippen LogP contribution is 2.26. The van der Waals surface area contributed by atoms with Crippen LogP contribution in [0.2, 0.25) is 0 Å². The van der Waals surface area contributed by atoms with Gasteiger partial charge < -0.3 is 15.5 Å². The van der Waals surface area contributed by atoms with E-state index in [0.29, 0.717) is 19.0 Å². The summed E-state index contributed by atoms with van der Waals surface area (Å²) < 4.78 is 0. The van der Waals surface area contributed by atoms with Crippen molar-refractivity contribution < 1.29 is 9.59 Å². The van der Waals surface area contributed by atoms with Gasteiger partial charge in [0, 0.05) is 32.0 Å². The van der Waals surface area contributed by atoms with Crippen LogP contribution < -0.4 is 10.6 Å². The van der Waals surface area contributed by atoms with Gasteiger partial charge in [0.1, 0.15) is 0 Å². The third-order valence-electron chi connectivity index (χ3n) is 4.40. The van der Waals surface area contributed by atoms with E-state index in [1.165, 1.54) is 0 Å². The number of rotatable bonds is 3. The Hall–Kier alpha value is -1.10. The highest BCUT2D eigenvalue weighted by atomic mass is 16.2. The summed E-state index contributed by atoms with van der Waals surface area (Å²) in [5.41, 5.74) is -0.0513. The topological polar surface area (TPSA) is 61.4 Å². The van der Waals surface area contributed by atoms with Crippen molar-refractivity contribution >= 4 is 11.8 Å². The normalized spacial score (nSPS) is 26.2. The lowest BCUT2D eigenvalue weighted by Crippen LogP contribution is -2.58. The van der Waals surface area contributed by atoms with Gasteiger partial charge in [0.25, 0.3) is 0 Å². The molecule has 2 unspecified atom stereocenters. The number of hydrogen-bond acceptors (Lipinski definition) is 3. The minimum atomic E-state index is -0.0537. The Kier molecular flexibility index (Phi) is 3.85. The summed E-state index contributed by atoms with van der Waals surface area (Å²) in [5.74, 6) is 0.168. The zero-order valence-corrected chi connectivity index (χ0v) is 12.3. The smallest absolute Gasteiger partial charge is 0.225 e. The molecule has 0 saturated carbocycles. The fraction of sp³-hybridized carbons (Fsp3) is 0.857. The van der Waals surface area contributed by atoms with Gasteiger partial charge in [-0.05, 0) is 5.41 Å². The first-order valence-electron chi connectivity index (χ1n) is 7.09. The van der Waals surface area contributed by atoms with Crippen LogP contribution in [-0.2, 0) is 9.59 Å². The van der Waals surface area contributed by atoms with Gasteiger partial charge in [-0.1, -0.05) is 27.7 Å². The fourth-order valence-corrected chi connectivity index (χ4v) is 2.39.